The highest BCUT2D eigenvalue weighted by Crippen LogP contribution is 2.16. The maximum atomic E-state index is 9.00. The fourth-order valence-electron chi connectivity index (χ4n) is 3.09. The molecule has 0 aliphatic carbocycles. The van der Waals surface area contributed by atoms with E-state index in [2.05, 4.69) is 31.8 Å². The van der Waals surface area contributed by atoms with Crippen LogP contribution in [0.15, 0.2) is 18.3 Å². The number of aliphatic hydroxyl groups excluding tert-OH is 1. The van der Waals surface area contributed by atoms with Gasteiger partial charge in [0, 0.05) is 58.6 Å². The molecule has 0 aromatic carbocycles. The summed E-state index contributed by atoms with van der Waals surface area (Å²) in [5.41, 5.74) is 1.33. The van der Waals surface area contributed by atoms with E-state index in [-0.39, 0.29) is 6.61 Å². The third-order valence-corrected chi connectivity index (χ3v) is 4.43. The lowest BCUT2D eigenvalue weighted by molar-refractivity contribution is 0.108. The molecule has 0 spiro atoms. The molecule has 6 heteroatoms. The number of morpholine rings is 1. The molecular weight excluding hydrogens is 280 g/mol. The number of aliphatic hydroxyl groups is 1. The number of hydrogen-bond acceptors (Lipinski definition) is 6. The average molecular weight is 306 g/mol. The van der Waals surface area contributed by atoms with Crippen molar-refractivity contribution in [3.05, 3.63) is 23.9 Å². The lowest BCUT2D eigenvalue weighted by atomic mass is 10.2. The Morgan fingerprint density at radius 3 is 2.50 bits per heavy atom. The topological polar surface area (TPSA) is 52.1 Å². The summed E-state index contributed by atoms with van der Waals surface area (Å²) in [6, 6.07) is 4.33. The normalized spacial score (nSPS) is 21.2. The van der Waals surface area contributed by atoms with Crippen molar-refractivity contribution in [1.29, 1.82) is 0 Å². The predicted octanol–water partition coefficient (Wildman–Crippen LogP) is 0.0281. The predicted molar refractivity (Wildman–Crippen MR) is 86.1 cm³/mol. The Hall–Kier alpha value is -1.21. The molecule has 1 aromatic heterocycles. The van der Waals surface area contributed by atoms with E-state index >= 15 is 0 Å². The standard InChI is InChI=1S/C16H26N4O2/c21-10-7-18-3-5-19(6-4-18)14-15-1-2-17-16(13-15)20-8-11-22-12-9-20/h1-2,13,21H,3-12,14H2. The Balaban J connectivity index is 1.54. The van der Waals surface area contributed by atoms with Gasteiger partial charge in [-0.25, -0.2) is 4.98 Å². The molecule has 6 nitrogen and oxygen atoms in total. The molecule has 2 aliphatic rings. The quantitative estimate of drug-likeness (QED) is 0.828. The van der Waals surface area contributed by atoms with Crippen LogP contribution in [0.5, 0.6) is 0 Å². The van der Waals surface area contributed by atoms with E-state index in [4.69, 9.17) is 9.84 Å². The van der Waals surface area contributed by atoms with Crippen molar-refractivity contribution in [1.82, 2.24) is 14.8 Å². The van der Waals surface area contributed by atoms with Gasteiger partial charge in [0.2, 0.25) is 0 Å². The van der Waals surface area contributed by atoms with Crippen LogP contribution in [-0.2, 0) is 11.3 Å². The van der Waals surface area contributed by atoms with Crippen LogP contribution in [0.3, 0.4) is 0 Å². The Bertz CT molecular complexity index is 457. The molecule has 2 aliphatic heterocycles. The summed E-state index contributed by atoms with van der Waals surface area (Å²) in [5.74, 6) is 1.07. The molecule has 0 unspecified atom stereocenters. The van der Waals surface area contributed by atoms with Gasteiger partial charge in [0.1, 0.15) is 5.82 Å². The summed E-state index contributed by atoms with van der Waals surface area (Å²) in [6.45, 7) is 9.68. The second-order valence-corrected chi connectivity index (χ2v) is 5.96. The Kier molecular flexibility index (Phi) is 5.61. The van der Waals surface area contributed by atoms with E-state index in [0.29, 0.717) is 0 Å². The smallest absolute Gasteiger partial charge is 0.128 e. The second kappa shape index (κ2) is 7.87. The zero-order chi connectivity index (χ0) is 15.2. The van der Waals surface area contributed by atoms with E-state index in [1.165, 1.54) is 5.56 Å². The molecule has 0 saturated carbocycles. The average Bonchev–Trinajstić information content (AvgIpc) is 2.58. The third kappa shape index (κ3) is 4.16. The molecule has 122 valence electrons. The van der Waals surface area contributed by atoms with Crippen molar-refractivity contribution >= 4 is 5.82 Å². The Labute approximate surface area is 132 Å². The SMILES string of the molecule is OCCN1CCN(Cc2ccnc(N3CCOCC3)c2)CC1. The van der Waals surface area contributed by atoms with Crippen molar-refractivity contribution in [2.24, 2.45) is 0 Å². The fourth-order valence-corrected chi connectivity index (χ4v) is 3.09. The summed E-state index contributed by atoms with van der Waals surface area (Å²) < 4.78 is 5.40. The Morgan fingerprint density at radius 1 is 1.05 bits per heavy atom. The molecule has 3 heterocycles. The number of pyridine rings is 1. The highest BCUT2D eigenvalue weighted by Gasteiger charge is 2.17. The number of anilines is 1. The molecule has 0 atom stereocenters. The third-order valence-electron chi connectivity index (χ3n) is 4.43. The number of nitrogens with zero attached hydrogens (tertiary/aromatic N) is 4. The van der Waals surface area contributed by atoms with Crippen LogP contribution in [0.25, 0.3) is 0 Å². The van der Waals surface area contributed by atoms with Crippen LogP contribution >= 0.6 is 0 Å². The van der Waals surface area contributed by atoms with Crippen LogP contribution in [-0.4, -0.2) is 85.5 Å². The minimum atomic E-state index is 0.257. The number of aromatic nitrogens is 1. The largest absolute Gasteiger partial charge is 0.395 e. The highest BCUT2D eigenvalue weighted by molar-refractivity contribution is 5.41. The molecule has 2 saturated heterocycles. The number of rotatable bonds is 5. The molecule has 1 aromatic rings. The summed E-state index contributed by atoms with van der Waals surface area (Å²) in [4.78, 5) is 11.6. The monoisotopic (exact) mass is 306 g/mol. The van der Waals surface area contributed by atoms with Gasteiger partial charge in [-0.3, -0.25) is 9.80 Å². The van der Waals surface area contributed by atoms with Crippen molar-refractivity contribution < 1.29 is 9.84 Å². The first kappa shape index (κ1) is 15.7. The number of piperazine rings is 1. The first-order valence-electron chi connectivity index (χ1n) is 8.18. The van der Waals surface area contributed by atoms with Gasteiger partial charge in [-0.15, -0.1) is 0 Å². The summed E-state index contributed by atoms with van der Waals surface area (Å²) in [6.07, 6.45) is 1.92. The summed E-state index contributed by atoms with van der Waals surface area (Å²) >= 11 is 0. The van der Waals surface area contributed by atoms with Gasteiger partial charge in [-0.2, -0.15) is 0 Å². The van der Waals surface area contributed by atoms with Crippen molar-refractivity contribution in [3.63, 3.8) is 0 Å². The number of hydrogen-bond donors (Lipinski definition) is 1. The summed E-state index contributed by atoms with van der Waals surface area (Å²) in [7, 11) is 0. The minimum Gasteiger partial charge on any atom is -0.395 e. The molecule has 3 rings (SSSR count). The molecule has 0 radical (unpaired) electrons. The zero-order valence-electron chi connectivity index (χ0n) is 13.2. The van der Waals surface area contributed by atoms with E-state index in [9.17, 15) is 0 Å². The van der Waals surface area contributed by atoms with Crippen molar-refractivity contribution in [2.45, 2.75) is 6.54 Å². The molecule has 0 bridgehead atoms. The molecule has 22 heavy (non-hydrogen) atoms. The van der Waals surface area contributed by atoms with Gasteiger partial charge in [-0.1, -0.05) is 0 Å². The maximum Gasteiger partial charge on any atom is 0.128 e. The van der Waals surface area contributed by atoms with Crippen molar-refractivity contribution in [2.75, 3.05) is 70.5 Å². The fraction of sp³-hybridized carbons (Fsp3) is 0.688. The van der Waals surface area contributed by atoms with E-state index < -0.39 is 0 Å². The van der Waals surface area contributed by atoms with E-state index in [0.717, 1.165) is 71.4 Å². The second-order valence-electron chi connectivity index (χ2n) is 5.96. The molecular formula is C16H26N4O2. The minimum absolute atomic E-state index is 0.257. The summed E-state index contributed by atoms with van der Waals surface area (Å²) in [5, 5.41) is 9.00. The van der Waals surface area contributed by atoms with Gasteiger partial charge >= 0.3 is 0 Å². The van der Waals surface area contributed by atoms with Gasteiger partial charge in [0.25, 0.3) is 0 Å². The van der Waals surface area contributed by atoms with Crippen molar-refractivity contribution in [3.8, 4) is 0 Å². The van der Waals surface area contributed by atoms with Gasteiger partial charge in [0.15, 0.2) is 0 Å². The Morgan fingerprint density at radius 2 is 1.77 bits per heavy atom. The molecule has 0 amide bonds. The van der Waals surface area contributed by atoms with Crippen LogP contribution < -0.4 is 4.90 Å². The van der Waals surface area contributed by atoms with Gasteiger partial charge < -0.3 is 14.7 Å². The van der Waals surface area contributed by atoms with Crippen LogP contribution in [0.1, 0.15) is 5.56 Å². The van der Waals surface area contributed by atoms with E-state index in [1.54, 1.807) is 0 Å². The van der Waals surface area contributed by atoms with Crippen LogP contribution in [0, 0.1) is 0 Å². The highest BCUT2D eigenvalue weighted by atomic mass is 16.5. The first-order chi connectivity index (χ1) is 10.8. The lowest BCUT2D eigenvalue weighted by Crippen LogP contribution is -2.46. The first-order valence-corrected chi connectivity index (χ1v) is 8.18. The molecule has 2 fully saturated rings. The van der Waals surface area contributed by atoms with Gasteiger partial charge in [0.05, 0.1) is 19.8 Å². The van der Waals surface area contributed by atoms with E-state index in [1.807, 2.05) is 6.20 Å². The maximum absolute atomic E-state index is 9.00. The van der Waals surface area contributed by atoms with Gasteiger partial charge in [-0.05, 0) is 17.7 Å². The number of β-amino-alcohol motifs (C(OH)–C–C–N with tert-alkyl or cyclic N) is 1. The zero-order valence-corrected chi connectivity index (χ0v) is 13.2. The van der Waals surface area contributed by atoms with Crippen LogP contribution in [0.4, 0.5) is 5.82 Å². The van der Waals surface area contributed by atoms with Crippen LogP contribution in [0.2, 0.25) is 0 Å². The number of ether oxygens (including phenoxy) is 1. The molecule has 1 N–H and O–H groups in total. The lowest BCUT2D eigenvalue weighted by Gasteiger charge is -2.34.